The van der Waals surface area contributed by atoms with Gasteiger partial charge in [-0.05, 0) is 39.0 Å². The van der Waals surface area contributed by atoms with E-state index in [-0.39, 0.29) is 11.9 Å². The van der Waals surface area contributed by atoms with Gasteiger partial charge in [-0.25, -0.2) is 0 Å². The maximum absolute atomic E-state index is 12.4. The predicted molar refractivity (Wildman–Crippen MR) is 85.5 cm³/mol. The molecule has 0 unspecified atom stereocenters. The number of nitrogens with two attached hydrogens (primary N) is 1. The van der Waals surface area contributed by atoms with Gasteiger partial charge in [-0.1, -0.05) is 18.2 Å². The van der Waals surface area contributed by atoms with Gasteiger partial charge in [0.1, 0.15) is 0 Å². The number of aryl methyl sites for hydroxylation is 1. The van der Waals surface area contributed by atoms with Gasteiger partial charge in [0, 0.05) is 22.9 Å². The van der Waals surface area contributed by atoms with Crippen LogP contribution in [0.4, 0.5) is 0 Å². The largest absolute Gasteiger partial charge is 0.366 e. The van der Waals surface area contributed by atoms with E-state index in [1.807, 2.05) is 20.8 Å². The maximum atomic E-state index is 12.4. The number of carbonyl (C=O) groups is 2. The zero-order chi connectivity index (χ0) is 16.3. The Morgan fingerprint density at radius 3 is 2.41 bits per heavy atom. The zero-order valence-corrected chi connectivity index (χ0v) is 12.9. The molecule has 3 N–H and O–H groups in total. The molecule has 1 heterocycles. The first kappa shape index (κ1) is 15.7. The normalized spacial score (nSPS) is 10.5. The molecule has 0 atom stereocenters. The van der Waals surface area contributed by atoms with Crippen molar-refractivity contribution in [1.29, 1.82) is 0 Å². The number of nitrogens with one attached hydrogen (secondary N) is 1. The number of hydrogen-bond donors (Lipinski definition) is 2. The third-order valence-electron chi connectivity index (χ3n) is 3.15. The molecule has 1 aromatic heterocycles. The second kappa shape index (κ2) is 6.39. The summed E-state index contributed by atoms with van der Waals surface area (Å²) < 4.78 is 0. The second-order valence-electron chi connectivity index (χ2n) is 5.39. The van der Waals surface area contributed by atoms with Crippen molar-refractivity contribution in [3.63, 3.8) is 0 Å². The molecule has 22 heavy (non-hydrogen) atoms. The molecular formula is C17H19N3O2. The molecular weight excluding hydrogens is 278 g/mol. The van der Waals surface area contributed by atoms with Crippen LogP contribution in [0.3, 0.4) is 0 Å². The first-order valence-corrected chi connectivity index (χ1v) is 7.08. The Bertz CT molecular complexity index is 724. The molecule has 2 amide bonds. The molecule has 0 fully saturated rings. The lowest BCUT2D eigenvalue weighted by atomic mass is 9.99. The van der Waals surface area contributed by atoms with Gasteiger partial charge in [0.2, 0.25) is 0 Å². The highest BCUT2D eigenvalue weighted by atomic mass is 16.2. The van der Waals surface area contributed by atoms with Gasteiger partial charge < -0.3 is 11.1 Å². The van der Waals surface area contributed by atoms with Gasteiger partial charge in [-0.15, -0.1) is 0 Å². The van der Waals surface area contributed by atoms with Crippen molar-refractivity contribution in [2.45, 2.75) is 26.8 Å². The lowest BCUT2D eigenvalue weighted by Gasteiger charge is -2.14. The van der Waals surface area contributed by atoms with Crippen LogP contribution in [-0.2, 0) is 0 Å². The summed E-state index contributed by atoms with van der Waals surface area (Å²) in [5, 5.41) is 2.85. The quantitative estimate of drug-likeness (QED) is 0.908. The zero-order valence-electron chi connectivity index (χ0n) is 12.9. The Labute approximate surface area is 129 Å². The minimum Gasteiger partial charge on any atom is -0.366 e. The Balaban J connectivity index is 2.61. The monoisotopic (exact) mass is 297 g/mol. The number of carbonyl (C=O) groups excluding carboxylic acids is 2. The Morgan fingerprint density at radius 1 is 1.09 bits per heavy atom. The van der Waals surface area contributed by atoms with Crippen molar-refractivity contribution in [3.8, 4) is 11.3 Å². The van der Waals surface area contributed by atoms with Gasteiger partial charge in [-0.3, -0.25) is 14.6 Å². The number of pyridine rings is 1. The van der Waals surface area contributed by atoms with Crippen molar-refractivity contribution >= 4 is 11.8 Å². The second-order valence-corrected chi connectivity index (χ2v) is 5.39. The SMILES string of the molecule is Cc1ccc(C(N)=O)c(-c2ccccc2C(=O)NC(C)C)n1. The van der Waals surface area contributed by atoms with Gasteiger partial charge in [0.05, 0.1) is 11.3 Å². The lowest BCUT2D eigenvalue weighted by molar-refractivity contribution is 0.0942. The number of hydrogen-bond acceptors (Lipinski definition) is 3. The molecule has 5 heteroatoms. The van der Waals surface area contributed by atoms with Crippen molar-refractivity contribution < 1.29 is 9.59 Å². The van der Waals surface area contributed by atoms with Gasteiger partial charge in [0.15, 0.2) is 0 Å². The van der Waals surface area contributed by atoms with E-state index in [0.29, 0.717) is 22.4 Å². The van der Waals surface area contributed by atoms with E-state index in [0.717, 1.165) is 5.69 Å². The minimum atomic E-state index is -0.568. The highest BCUT2D eigenvalue weighted by Crippen LogP contribution is 2.25. The van der Waals surface area contributed by atoms with Crippen molar-refractivity contribution in [2.75, 3.05) is 0 Å². The van der Waals surface area contributed by atoms with Crippen LogP contribution in [0, 0.1) is 6.92 Å². The van der Waals surface area contributed by atoms with Crippen LogP contribution in [0.1, 0.15) is 40.3 Å². The molecule has 114 valence electrons. The average molecular weight is 297 g/mol. The third kappa shape index (κ3) is 3.31. The Kier molecular flexibility index (Phi) is 4.56. The highest BCUT2D eigenvalue weighted by Gasteiger charge is 2.18. The summed E-state index contributed by atoms with van der Waals surface area (Å²) in [4.78, 5) is 28.4. The molecule has 0 aliphatic rings. The minimum absolute atomic E-state index is 0.0154. The Hall–Kier alpha value is -2.69. The number of nitrogens with zero attached hydrogens (tertiary/aromatic N) is 1. The van der Waals surface area contributed by atoms with Gasteiger partial charge >= 0.3 is 0 Å². The number of rotatable bonds is 4. The lowest BCUT2D eigenvalue weighted by Crippen LogP contribution is -2.30. The van der Waals surface area contributed by atoms with E-state index in [2.05, 4.69) is 10.3 Å². The molecule has 5 nitrogen and oxygen atoms in total. The summed E-state index contributed by atoms with van der Waals surface area (Å²) in [5.41, 5.74) is 7.98. The molecule has 0 spiro atoms. The number of benzene rings is 1. The summed E-state index contributed by atoms with van der Waals surface area (Å²) in [6.07, 6.45) is 0. The molecule has 0 radical (unpaired) electrons. The number of aromatic nitrogens is 1. The molecule has 2 rings (SSSR count). The summed E-state index contributed by atoms with van der Waals surface area (Å²) in [7, 11) is 0. The summed E-state index contributed by atoms with van der Waals surface area (Å²) in [5.74, 6) is -0.772. The van der Waals surface area contributed by atoms with E-state index in [4.69, 9.17) is 5.73 Å². The fourth-order valence-corrected chi connectivity index (χ4v) is 2.19. The van der Waals surface area contributed by atoms with Crippen molar-refractivity contribution in [1.82, 2.24) is 10.3 Å². The molecule has 1 aromatic carbocycles. The van der Waals surface area contributed by atoms with E-state index < -0.39 is 5.91 Å². The van der Waals surface area contributed by atoms with E-state index in [9.17, 15) is 9.59 Å². The van der Waals surface area contributed by atoms with Crippen LogP contribution in [0.25, 0.3) is 11.3 Å². The number of primary amides is 1. The van der Waals surface area contributed by atoms with Crippen LogP contribution in [0.15, 0.2) is 36.4 Å². The first-order valence-electron chi connectivity index (χ1n) is 7.08. The maximum Gasteiger partial charge on any atom is 0.252 e. The van der Waals surface area contributed by atoms with Crippen molar-refractivity contribution in [3.05, 3.63) is 53.2 Å². The molecule has 0 aliphatic carbocycles. The van der Waals surface area contributed by atoms with Gasteiger partial charge in [-0.2, -0.15) is 0 Å². The predicted octanol–water partition coefficient (Wildman–Crippen LogP) is 2.29. The van der Waals surface area contributed by atoms with Crippen molar-refractivity contribution in [2.24, 2.45) is 5.73 Å². The highest BCUT2D eigenvalue weighted by molar-refractivity contribution is 6.05. The van der Waals surface area contributed by atoms with E-state index in [1.165, 1.54) is 0 Å². The molecule has 0 aliphatic heterocycles. The van der Waals surface area contributed by atoms with Crippen LogP contribution in [-0.4, -0.2) is 22.8 Å². The summed E-state index contributed by atoms with van der Waals surface area (Å²) in [6.45, 7) is 5.60. The molecule has 2 aromatic rings. The summed E-state index contributed by atoms with van der Waals surface area (Å²) in [6, 6.07) is 10.4. The molecule has 0 saturated carbocycles. The van der Waals surface area contributed by atoms with E-state index >= 15 is 0 Å². The van der Waals surface area contributed by atoms with Crippen LogP contribution >= 0.6 is 0 Å². The number of amides is 2. The molecule has 0 bridgehead atoms. The van der Waals surface area contributed by atoms with E-state index in [1.54, 1.807) is 36.4 Å². The standard InChI is InChI=1S/C17H19N3O2/c1-10(2)19-17(22)13-7-5-4-6-12(13)15-14(16(18)21)9-8-11(3)20-15/h4-10H,1-3H3,(H2,18,21)(H,19,22). The first-order chi connectivity index (χ1) is 10.4. The molecule has 0 saturated heterocycles. The van der Waals surface area contributed by atoms with Crippen LogP contribution in [0.2, 0.25) is 0 Å². The van der Waals surface area contributed by atoms with Crippen LogP contribution < -0.4 is 11.1 Å². The fraction of sp³-hybridized carbons (Fsp3) is 0.235. The smallest absolute Gasteiger partial charge is 0.252 e. The topological polar surface area (TPSA) is 85.1 Å². The Morgan fingerprint density at radius 2 is 1.77 bits per heavy atom. The summed E-state index contributed by atoms with van der Waals surface area (Å²) >= 11 is 0. The van der Waals surface area contributed by atoms with Gasteiger partial charge in [0.25, 0.3) is 11.8 Å². The fourth-order valence-electron chi connectivity index (χ4n) is 2.19. The average Bonchev–Trinajstić information content (AvgIpc) is 2.46. The van der Waals surface area contributed by atoms with Crippen LogP contribution in [0.5, 0.6) is 0 Å². The third-order valence-corrected chi connectivity index (χ3v) is 3.15.